The summed E-state index contributed by atoms with van der Waals surface area (Å²) in [6.07, 6.45) is 0.695. The van der Waals surface area contributed by atoms with Gasteiger partial charge in [-0.1, -0.05) is 48.5 Å². The normalized spacial score (nSPS) is 11.3. The van der Waals surface area contributed by atoms with Crippen LogP contribution in [0.3, 0.4) is 0 Å². The summed E-state index contributed by atoms with van der Waals surface area (Å²) >= 11 is 0. The highest BCUT2D eigenvalue weighted by Crippen LogP contribution is 2.33. The number of fused-ring (bicyclic) bond motifs is 2. The lowest BCUT2D eigenvalue weighted by molar-refractivity contribution is 0.300. The van der Waals surface area contributed by atoms with Crippen LogP contribution in [-0.2, 0) is 13.0 Å². The molecule has 3 aromatic rings. The monoisotopic (exact) mass is 265 g/mol. The molecule has 0 saturated carbocycles. The quantitative estimate of drug-likeness (QED) is 0.710. The van der Waals surface area contributed by atoms with Gasteiger partial charge in [-0.25, -0.2) is 0 Å². The Morgan fingerprint density at radius 2 is 1.25 bits per heavy atom. The molecule has 0 atom stereocenters. The molecule has 0 amide bonds. The summed E-state index contributed by atoms with van der Waals surface area (Å²) < 4.78 is 0. The number of rotatable bonds is 4. The maximum absolute atomic E-state index is 9.40. The van der Waals surface area contributed by atoms with Crippen molar-refractivity contribution in [2.45, 2.75) is 13.0 Å². The van der Waals surface area contributed by atoms with E-state index in [-0.39, 0.29) is 6.61 Å². The Labute approximate surface area is 119 Å². The van der Waals surface area contributed by atoms with Crippen molar-refractivity contribution in [2.75, 3.05) is 13.7 Å². The Hall–Kier alpha value is -1.90. The summed E-state index contributed by atoms with van der Waals surface area (Å²) in [4.78, 5) is 0. The van der Waals surface area contributed by atoms with Gasteiger partial charge in [-0.15, -0.1) is 0 Å². The highest BCUT2D eigenvalue weighted by Gasteiger charge is 2.12. The smallest absolute Gasteiger partial charge is 0.0471 e. The van der Waals surface area contributed by atoms with Crippen LogP contribution in [0.15, 0.2) is 48.5 Å². The molecule has 0 unspecified atom stereocenters. The van der Waals surface area contributed by atoms with Crippen molar-refractivity contribution < 1.29 is 5.11 Å². The Balaban J connectivity index is 2.47. The van der Waals surface area contributed by atoms with E-state index < -0.39 is 0 Å². The molecule has 2 N–H and O–H groups in total. The van der Waals surface area contributed by atoms with E-state index in [4.69, 9.17) is 0 Å². The van der Waals surface area contributed by atoms with E-state index in [1.807, 2.05) is 7.05 Å². The molecule has 2 heteroatoms. The molecule has 0 radical (unpaired) electrons. The molecular weight excluding hydrogens is 246 g/mol. The van der Waals surface area contributed by atoms with Gasteiger partial charge in [0.25, 0.3) is 0 Å². The minimum Gasteiger partial charge on any atom is -0.396 e. The fourth-order valence-corrected chi connectivity index (χ4v) is 3.06. The van der Waals surface area contributed by atoms with Crippen molar-refractivity contribution in [1.82, 2.24) is 5.32 Å². The van der Waals surface area contributed by atoms with E-state index in [1.54, 1.807) is 0 Å². The van der Waals surface area contributed by atoms with Gasteiger partial charge in [-0.05, 0) is 46.1 Å². The predicted octanol–water partition coefficient (Wildman–Crippen LogP) is 3.25. The van der Waals surface area contributed by atoms with Crippen LogP contribution in [0.1, 0.15) is 11.1 Å². The van der Waals surface area contributed by atoms with Gasteiger partial charge in [0.2, 0.25) is 0 Å². The van der Waals surface area contributed by atoms with Crippen LogP contribution in [0.4, 0.5) is 0 Å². The first kappa shape index (κ1) is 13.1. The summed E-state index contributed by atoms with van der Waals surface area (Å²) in [5.74, 6) is 0. The molecule has 20 heavy (non-hydrogen) atoms. The number of nitrogens with one attached hydrogen (secondary N) is 1. The first-order chi connectivity index (χ1) is 9.86. The van der Waals surface area contributed by atoms with E-state index in [0.29, 0.717) is 6.42 Å². The van der Waals surface area contributed by atoms with Crippen LogP contribution in [0.5, 0.6) is 0 Å². The van der Waals surface area contributed by atoms with Gasteiger partial charge in [0.15, 0.2) is 0 Å². The third kappa shape index (κ3) is 2.07. The van der Waals surface area contributed by atoms with Gasteiger partial charge in [0.05, 0.1) is 0 Å². The lowest BCUT2D eigenvalue weighted by atomic mass is 9.90. The Kier molecular flexibility index (Phi) is 3.68. The third-order valence-corrected chi connectivity index (χ3v) is 3.87. The number of aliphatic hydroxyl groups excluding tert-OH is 1. The molecule has 2 nitrogen and oxygen atoms in total. The van der Waals surface area contributed by atoms with E-state index in [1.165, 1.54) is 32.7 Å². The lowest BCUT2D eigenvalue weighted by Crippen LogP contribution is -2.07. The van der Waals surface area contributed by atoms with E-state index in [2.05, 4.69) is 53.8 Å². The second-order valence-corrected chi connectivity index (χ2v) is 5.05. The third-order valence-electron chi connectivity index (χ3n) is 3.87. The van der Waals surface area contributed by atoms with Crippen molar-refractivity contribution >= 4 is 21.5 Å². The molecule has 3 rings (SSSR count). The molecule has 3 aromatic carbocycles. The average molecular weight is 265 g/mol. The fourth-order valence-electron chi connectivity index (χ4n) is 3.06. The number of hydrogen-bond donors (Lipinski definition) is 2. The maximum atomic E-state index is 9.40. The highest BCUT2D eigenvalue weighted by atomic mass is 16.2. The second kappa shape index (κ2) is 5.61. The number of benzene rings is 3. The Morgan fingerprint density at radius 1 is 0.800 bits per heavy atom. The number of hydrogen-bond acceptors (Lipinski definition) is 2. The highest BCUT2D eigenvalue weighted by molar-refractivity contribution is 6.05. The van der Waals surface area contributed by atoms with Crippen LogP contribution in [0, 0.1) is 0 Å². The van der Waals surface area contributed by atoms with Crippen LogP contribution in [0.25, 0.3) is 21.5 Å². The molecule has 0 fully saturated rings. The van der Waals surface area contributed by atoms with Crippen LogP contribution >= 0.6 is 0 Å². The van der Waals surface area contributed by atoms with E-state index >= 15 is 0 Å². The minimum absolute atomic E-state index is 0.180. The molecule has 0 bridgehead atoms. The molecule has 102 valence electrons. The molecule has 0 spiro atoms. The van der Waals surface area contributed by atoms with Crippen LogP contribution in [0.2, 0.25) is 0 Å². The summed E-state index contributed by atoms with van der Waals surface area (Å²) in [6.45, 7) is 1.03. The van der Waals surface area contributed by atoms with Crippen molar-refractivity contribution in [3.8, 4) is 0 Å². The summed E-state index contributed by atoms with van der Waals surface area (Å²) in [7, 11) is 1.98. The zero-order valence-electron chi connectivity index (χ0n) is 11.7. The predicted molar refractivity (Wildman–Crippen MR) is 85.0 cm³/mol. The number of aliphatic hydroxyl groups is 1. The van der Waals surface area contributed by atoms with Gasteiger partial charge >= 0.3 is 0 Å². The molecule has 0 heterocycles. The SMILES string of the molecule is CNCc1c2ccccc2c(CCO)c2ccccc12. The standard InChI is InChI=1S/C18H19NO/c1-19-12-18-15-8-4-2-6-13(15)17(10-11-20)14-7-3-5-9-16(14)18/h2-9,19-20H,10-12H2,1H3. The fraction of sp³-hybridized carbons (Fsp3) is 0.222. The minimum atomic E-state index is 0.180. The first-order valence-corrected chi connectivity index (χ1v) is 7.03. The van der Waals surface area contributed by atoms with Gasteiger partial charge < -0.3 is 10.4 Å². The van der Waals surface area contributed by atoms with Crippen molar-refractivity contribution in [3.05, 3.63) is 59.7 Å². The van der Waals surface area contributed by atoms with Gasteiger partial charge in [0, 0.05) is 13.2 Å². The topological polar surface area (TPSA) is 32.3 Å². The van der Waals surface area contributed by atoms with Crippen LogP contribution < -0.4 is 5.32 Å². The van der Waals surface area contributed by atoms with Gasteiger partial charge in [0.1, 0.15) is 0 Å². The summed E-state index contributed by atoms with van der Waals surface area (Å²) in [6, 6.07) is 17.0. The summed E-state index contributed by atoms with van der Waals surface area (Å²) in [5, 5.41) is 17.7. The van der Waals surface area contributed by atoms with Gasteiger partial charge in [-0.3, -0.25) is 0 Å². The molecule has 0 aliphatic heterocycles. The van der Waals surface area contributed by atoms with Crippen molar-refractivity contribution in [3.63, 3.8) is 0 Å². The summed E-state index contributed by atoms with van der Waals surface area (Å²) in [5.41, 5.74) is 2.58. The molecule has 0 aliphatic rings. The maximum Gasteiger partial charge on any atom is 0.0471 e. The zero-order chi connectivity index (χ0) is 13.9. The average Bonchev–Trinajstić information content (AvgIpc) is 2.50. The second-order valence-electron chi connectivity index (χ2n) is 5.05. The van der Waals surface area contributed by atoms with Crippen molar-refractivity contribution in [2.24, 2.45) is 0 Å². The largest absolute Gasteiger partial charge is 0.396 e. The van der Waals surface area contributed by atoms with Crippen molar-refractivity contribution in [1.29, 1.82) is 0 Å². The van der Waals surface area contributed by atoms with Crippen LogP contribution in [-0.4, -0.2) is 18.8 Å². The molecule has 0 saturated heterocycles. The van der Waals surface area contributed by atoms with Gasteiger partial charge in [-0.2, -0.15) is 0 Å². The molecular formula is C18H19NO. The molecule has 0 aromatic heterocycles. The lowest BCUT2D eigenvalue weighted by Gasteiger charge is -2.16. The first-order valence-electron chi connectivity index (χ1n) is 7.03. The van der Waals surface area contributed by atoms with E-state index in [9.17, 15) is 5.11 Å². The Bertz CT molecular complexity index is 628. The Morgan fingerprint density at radius 3 is 1.65 bits per heavy atom. The van der Waals surface area contributed by atoms with E-state index in [0.717, 1.165) is 6.54 Å². The molecule has 0 aliphatic carbocycles. The zero-order valence-corrected chi connectivity index (χ0v) is 11.7.